The van der Waals surface area contributed by atoms with Crippen molar-refractivity contribution in [2.24, 2.45) is 11.8 Å². The van der Waals surface area contributed by atoms with Gasteiger partial charge in [0, 0.05) is 0 Å². The molecule has 0 N–H and O–H groups in total. The zero-order valence-electron chi connectivity index (χ0n) is 8.06. The standard InChI is InChI=1S/C11H20/c1-4-6-9(3)11-8-7-10(11)5-2/h6,10-11H,4-5,7-8H2,1-3H3. The maximum atomic E-state index is 2.40. The molecule has 1 aliphatic rings. The molecule has 0 aromatic carbocycles. The molecule has 1 rings (SSSR count). The second-order valence-corrected chi connectivity index (χ2v) is 3.71. The van der Waals surface area contributed by atoms with Gasteiger partial charge < -0.3 is 0 Å². The smallest absolute Gasteiger partial charge is 0.0178 e. The molecule has 0 aromatic rings. The number of rotatable bonds is 3. The van der Waals surface area contributed by atoms with Crippen molar-refractivity contribution < 1.29 is 0 Å². The zero-order valence-corrected chi connectivity index (χ0v) is 8.06. The van der Waals surface area contributed by atoms with Gasteiger partial charge in [-0.05, 0) is 38.0 Å². The van der Waals surface area contributed by atoms with Crippen LogP contribution in [0.3, 0.4) is 0 Å². The van der Waals surface area contributed by atoms with Crippen LogP contribution in [0.1, 0.15) is 46.5 Å². The van der Waals surface area contributed by atoms with Crippen LogP contribution in [0.5, 0.6) is 0 Å². The van der Waals surface area contributed by atoms with Crippen LogP contribution < -0.4 is 0 Å². The number of allylic oxidation sites excluding steroid dienone is 2. The van der Waals surface area contributed by atoms with E-state index in [0.717, 1.165) is 11.8 Å². The van der Waals surface area contributed by atoms with Crippen LogP contribution in [-0.2, 0) is 0 Å². The predicted octanol–water partition coefficient (Wildman–Crippen LogP) is 3.78. The Morgan fingerprint density at radius 1 is 1.36 bits per heavy atom. The number of hydrogen-bond donors (Lipinski definition) is 0. The summed E-state index contributed by atoms with van der Waals surface area (Å²) in [6.45, 7) is 6.84. The van der Waals surface area contributed by atoms with Gasteiger partial charge in [0.1, 0.15) is 0 Å². The lowest BCUT2D eigenvalue weighted by Gasteiger charge is -2.37. The average molecular weight is 152 g/mol. The van der Waals surface area contributed by atoms with Crippen LogP contribution in [0.2, 0.25) is 0 Å². The van der Waals surface area contributed by atoms with Gasteiger partial charge in [0.05, 0.1) is 0 Å². The zero-order chi connectivity index (χ0) is 8.27. The van der Waals surface area contributed by atoms with Gasteiger partial charge in [0.2, 0.25) is 0 Å². The van der Waals surface area contributed by atoms with Crippen molar-refractivity contribution in [3.63, 3.8) is 0 Å². The van der Waals surface area contributed by atoms with Gasteiger partial charge in [-0.2, -0.15) is 0 Å². The fourth-order valence-corrected chi connectivity index (χ4v) is 2.13. The van der Waals surface area contributed by atoms with E-state index in [2.05, 4.69) is 26.8 Å². The summed E-state index contributed by atoms with van der Waals surface area (Å²) in [7, 11) is 0. The molecule has 1 saturated carbocycles. The normalized spacial score (nSPS) is 31.7. The van der Waals surface area contributed by atoms with Gasteiger partial charge in [-0.25, -0.2) is 0 Å². The monoisotopic (exact) mass is 152 g/mol. The molecule has 1 aliphatic carbocycles. The molecule has 0 aliphatic heterocycles. The molecule has 0 bridgehead atoms. The third kappa shape index (κ3) is 1.85. The Morgan fingerprint density at radius 3 is 2.45 bits per heavy atom. The summed E-state index contributed by atoms with van der Waals surface area (Å²) in [5.41, 5.74) is 1.64. The summed E-state index contributed by atoms with van der Waals surface area (Å²) >= 11 is 0. The second-order valence-electron chi connectivity index (χ2n) is 3.71. The molecule has 1 fully saturated rings. The van der Waals surface area contributed by atoms with E-state index in [1.807, 2.05) is 0 Å². The molecular weight excluding hydrogens is 132 g/mol. The molecule has 0 saturated heterocycles. The Bertz CT molecular complexity index is 142. The van der Waals surface area contributed by atoms with Crippen molar-refractivity contribution in [1.82, 2.24) is 0 Å². The first-order valence-corrected chi connectivity index (χ1v) is 4.96. The van der Waals surface area contributed by atoms with E-state index in [1.165, 1.54) is 25.7 Å². The lowest BCUT2D eigenvalue weighted by atomic mass is 9.69. The van der Waals surface area contributed by atoms with E-state index >= 15 is 0 Å². The lowest BCUT2D eigenvalue weighted by molar-refractivity contribution is 0.207. The molecule has 0 nitrogen and oxygen atoms in total. The fraction of sp³-hybridized carbons (Fsp3) is 0.818. The second kappa shape index (κ2) is 3.94. The van der Waals surface area contributed by atoms with E-state index in [9.17, 15) is 0 Å². The molecule has 0 radical (unpaired) electrons. The topological polar surface area (TPSA) is 0 Å². The Labute approximate surface area is 70.7 Å². The van der Waals surface area contributed by atoms with Crippen molar-refractivity contribution in [1.29, 1.82) is 0 Å². The van der Waals surface area contributed by atoms with Gasteiger partial charge in [-0.3, -0.25) is 0 Å². The molecule has 0 aromatic heterocycles. The van der Waals surface area contributed by atoms with E-state index in [1.54, 1.807) is 5.57 Å². The molecule has 0 spiro atoms. The Morgan fingerprint density at radius 2 is 2.09 bits per heavy atom. The molecule has 2 unspecified atom stereocenters. The largest absolute Gasteiger partial charge is 0.0856 e. The van der Waals surface area contributed by atoms with Gasteiger partial charge >= 0.3 is 0 Å². The van der Waals surface area contributed by atoms with Crippen LogP contribution in [0.4, 0.5) is 0 Å². The molecule has 11 heavy (non-hydrogen) atoms. The molecule has 0 amide bonds. The van der Waals surface area contributed by atoms with E-state index < -0.39 is 0 Å². The predicted molar refractivity (Wildman–Crippen MR) is 50.6 cm³/mol. The SMILES string of the molecule is CCC=C(C)C1CCC1CC. The highest BCUT2D eigenvalue weighted by Gasteiger charge is 2.29. The number of hydrogen-bond acceptors (Lipinski definition) is 0. The minimum atomic E-state index is 0.944. The third-order valence-electron chi connectivity index (χ3n) is 3.05. The van der Waals surface area contributed by atoms with Gasteiger partial charge in [0.25, 0.3) is 0 Å². The molecule has 64 valence electrons. The first kappa shape index (κ1) is 8.83. The Balaban J connectivity index is 2.41. The maximum absolute atomic E-state index is 2.40. The van der Waals surface area contributed by atoms with E-state index in [-0.39, 0.29) is 0 Å². The molecule has 0 heterocycles. The minimum absolute atomic E-state index is 0.944. The van der Waals surface area contributed by atoms with E-state index in [4.69, 9.17) is 0 Å². The maximum Gasteiger partial charge on any atom is -0.0178 e. The Kier molecular flexibility index (Phi) is 3.16. The van der Waals surface area contributed by atoms with Crippen molar-refractivity contribution in [3.05, 3.63) is 11.6 Å². The van der Waals surface area contributed by atoms with Crippen LogP contribution >= 0.6 is 0 Å². The summed E-state index contributed by atoms with van der Waals surface area (Å²) in [6.07, 6.45) is 7.89. The highest BCUT2D eigenvalue weighted by atomic mass is 14.3. The first-order chi connectivity index (χ1) is 5.29. The average Bonchev–Trinajstić information content (AvgIpc) is 1.86. The van der Waals surface area contributed by atoms with Crippen molar-refractivity contribution in [3.8, 4) is 0 Å². The Hall–Kier alpha value is -0.260. The van der Waals surface area contributed by atoms with E-state index in [0.29, 0.717) is 0 Å². The minimum Gasteiger partial charge on any atom is -0.0856 e. The fourth-order valence-electron chi connectivity index (χ4n) is 2.13. The summed E-state index contributed by atoms with van der Waals surface area (Å²) in [5.74, 6) is 1.96. The van der Waals surface area contributed by atoms with Gasteiger partial charge in [0.15, 0.2) is 0 Å². The summed E-state index contributed by atoms with van der Waals surface area (Å²) in [4.78, 5) is 0. The molecular formula is C11H20. The van der Waals surface area contributed by atoms with Crippen LogP contribution in [0.15, 0.2) is 11.6 Å². The van der Waals surface area contributed by atoms with Crippen LogP contribution in [0, 0.1) is 11.8 Å². The summed E-state index contributed by atoms with van der Waals surface area (Å²) < 4.78 is 0. The van der Waals surface area contributed by atoms with Crippen LogP contribution in [0.25, 0.3) is 0 Å². The van der Waals surface area contributed by atoms with Crippen molar-refractivity contribution >= 4 is 0 Å². The highest BCUT2D eigenvalue weighted by molar-refractivity contribution is 5.08. The van der Waals surface area contributed by atoms with Crippen molar-refractivity contribution in [2.45, 2.75) is 46.5 Å². The first-order valence-electron chi connectivity index (χ1n) is 4.96. The van der Waals surface area contributed by atoms with Gasteiger partial charge in [-0.15, -0.1) is 0 Å². The van der Waals surface area contributed by atoms with Crippen LogP contribution in [-0.4, -0.2) is 0 Å². The lowest BCUT2D eigenvalue weighted by Crippen LogP contribution is -2.25. The molecule has 2 atom stereocenters. The van der Waals surface area contributed by atoms with Gasteiger partial charge in [-0.1, -0.05) is 31.9 Å². The van der Waals surface area contributed by atoms with Crippen molar-refractivity contribution in [2.75, 3.05) is 0 Å². The summed E-state index contributed by atoms with van der Waals surface area (Å²) in [6, 6.07) is 0. The molecule has 0 heteroatoms. The third-order valence-corrected chi connectivity index (χ3v) is 3.05. The quantitative estimate of drug-likeness (QED) is 0.540. The highest BCUT2D eigenvalue weighted by Crippen LogP contribution is 2.41. The summed E-state index contributed by atoms with van der Waals surface area (Å²) in [5, 5.41) is 0.